The molecule has 0 fully saturated rings. The Labute approximate surface area is 116 Å². The number of aromatic nitrogens is 1. The zero-order valence-corrected chi connectivity index (χ0v) is 11.1. The number of hydrogen-bond donors (Lipinski definition) is 2. The van der Waals surface area contributed by atoms with E-state index >= 15 is 0 Å². The Bertz CT molecular complexity index is 762. The predicted octanol–water partition coefficient (Wildman–Crippen LogP) is 3.17. The SMILES string of the molecule is Cn1cc(COc2cccc(O)c2)c2cc(O)ccc21. The summed E-state index contributed by atoms with van der Waals surface area (Å²) in [7, 11) is 1.96. The molecule has 0 saturated carbocycles. The second kappa shape index (κ2) is 4.81. The third-order valence-electron chi connectivity index (χ3n) is 3.27. The molecular formula is C16H15NO3. The molecule has 1 aromatic heterocycles. The molecule has 0 atom stereocenters. The molecule has 0 aliphatic heterocycles. The van der Waals surface area contributed by atoms with Gasteiger partial charge in [0.1, 0.15) is 23.9 Å². The molecule has 0 amide bonds. The smallest absolute Gasteiger partial charge is 0.123 e. The Morgan fingerprint density at radius 3 is 2.65 bits per heavy atom. The van der Waals surface area contributed by atoms with E-state index in [1.54, 1.807) is 36.4 Å². The topological polar surface area (TPSA) is 54.6 Å². The number of fused-ring (bicyclic) bond motifs is 1. The molecule has 20 heavy (non-hydrogen) atoms. The van der Waals surface area contributed by atoms with Crippen molar-refractivity contribution in [2.75, 3.05) is 0 Å². The Kier molecular flexibility index (Phi) is 2.99. The highest BCUT2D eigenvalue weighted by Gasteiger charge is 2.08. The van der Waals surface area contributed by atoms with E-state index in [2.05, 4.69) is 0 Å². The first-order valence-electron chi connectivity index (χ1n) is 6.32. The van der Waals surface area contributed by atoms with Crippen molar-refractivity contribution in [1.29, 1.82) is 0 Å². The number of aryl methyl sites for hydroxylation is 1. The quantitative estimate of drug-likeness (QED) is 0.768. The molecule has 0 aliphatic rings. The van der Waals surface area contributed by atoms with Crippen molar-refractivity contribution in [2.24, 2.45) is 7.05 Å². The van der Waals surface area contributed by atoms with Gasteiger partial charge in [0.2, 0.25) is 0 Å². The predicted molar refractivity (Wildman–Crippen MR) is 77.0 cm³/mol. The number of rotatable bonds is 3. The largest absolute Gasteiger partial charge is 0.508 e. The van der Waals surface area contributed by atoms with Crippen molar-refractivity contribution in [2.45, 2.75) is 6.61 Å². The molecule has 0 bridgehead atoms. The lowest BCUT2D eigenvalue weighted by molar-refractivity contribution is 0.305. The highest BCUT2D eigenvalue weighted by Crippen LogP contribution is 2.26. The Hall–Kier alpha value is -2.62. The van der Waals surface area contributed by atoms with Gasteiger partial charge in [-0.05, 0) is 30.3 Å². The molecular weight excluding hydrogens is 254 g/mol. The van der Waals surface area contributed by atoms with Gasteiger partial charge in [-0.1, -0.05) is 6.07 Å². The lowest BCUT2D eigenvalue weighted by Gasteiger charge is -2.05. The lowest BCUT2D eigenvalue weighted by Crippen LogP contribution is -1.94. The summed E-state index contributed by atoms with van der Waals surface area (Å²) >= 11 is 0. The number of benzene rings is 2. The van der Waals surface area contributed by atoms with Crippen LogP contribution >= 0.6 is 0 Å². The maximum Gasteiger partial charge on any atom is 0.123 e. The first kappa shape index (κ1) is 12.4. The second-order valence-electron chi connectivity index (χ2n) is 4.75. The van der Waals surface area contributed by atoms with E-state index in [-0.39, 0.29) is 11.5 Å². The Balaban J connectivity index is 1.89. The number of hydrogen-bond acceptors (Lipinski definition) is 3. The summed E-state index contributed by atoms with van der Waals surface area (Å²) in [5.74, 6) is 1.03. The van der Waals surface area contributed by atoms with Gasteiger partial charge >= 0.3 is 0 Å². The van der Waals surface area contributed by atoms with Crippen molar-refractivity contribution in [3.05, 3.63) is 54.2 Å². The molecule has 0 radical (unpaired) electrons. The minimum absolute atomic E-state index is 0.179. The van der Waals surface area contributed by atoms with Crippen LogP contribution in [0.5, 0.6) is 17.2 Å². The van der Waals surface area contributed by atoms with E-state index in [0.29, 0.717) is 12.4 Å². The van der Waals surface area contributed by atoms with E-state index in [9.17, 15) is 10.2 Å². The van der Waals surface area contributed by atoms with Crippen LogP contribution < -0.4 is 4.74 Å². The molecule has 0 spiro atoms. The van der Waals surface area contributed by atoms with Crippen LogP contribution in [0.2, 0.25) is 0 Å². The normalized spacial score (nSPS) is 10.8. The van der Waals surface area contributed by atoms with Gasteiger partial charge in [0, 0.05) is 35.8 Å². The van der Waals surface area contributed by atoms with Crippen LogP contribution in [0.3, 0.4) is 0 Å². The molecule has 0 unspecified atom stereocenters. The van der Waals surface area contributed by atoms with Crippen LogP contribution in [-0.4, -0.2) is 14.8 Å². The maximum atomic E-state index is 9.60. The van der Waals surface area contributed by atoms with Gasteiger partial charge in [-0.2, -0.15) is 0 Å². The molecule has 4 nitrogen and oxygen atoms in total. The van der Waals surface area contributed by atoms with Crippen molar-refractivity contribution in [3.8, 4) is 17.2 Å². The monoisotopic (exact) mass is 269 g/mol. The average molecular weight is 269 g/mol. The van der Waals surface area contributed by atoms with Gasteiger partial charge in [-0.15, -0.1) is 0 Å². The number of phenols is 2. The molecule has 3 rings (SSSR count). The maximum absolute atomic E-state index is 9.60. The van der Waals surface area contributed by atoms with Gasteiger partial charge in [-0.3, -0.25) is 0 Å². The van der Waals surface area contributed by atoms with Crippen molar-refractivity contribution in [3.63, 3.8) is 0 Å². The van der Waals surface area contributed by atoms with Gasteiger partial charge < -0.3 is 19.5 Å². The minimum atomic E-state index is 0.179. The zero-order chi connectivity index (χ0) is 14.1. The van der Waals surface area contributed by atoms with Gasteiger partial charge in [-0.25, -0.2) is 0 Å². The summed E-state index contributed by atoms with van der Waals surface area (Å²) in [5, 5.41) is 20.0. The number of aromatic hydroxyl groups is 2. The first-order valence-corrected chi connectivity index (χ1v) is 6.32. The molecule has 102 valence electrons. The average Bonchev–Trinajstić information content (AvgIpc) is 2.73. The van der Waals surface area contributed by atoms with E-state index in [1.165, 1.54) is 0 Å². The van der Waals surface area contributed by atoms with Gasteiger partial charge in [0.15, 0.2) is 0 Å². The van der Waals surface area contributed by atoms with Crippen LogP contribution in [0, 0.1) is 0 Å². The zero-order valence-electron chi connectivity index (χ0n) is 11.1. The van der Waals surface area contributed by atoms with E-state index in [0.717, 1.165) is 16.5 Å². The van der Waals surface area contributed by atoms with Crippen molar-refractivity contribution >= 4 is 10.9 Å². The lowest BCUT2D eigenvalue weighted by atomic mass is 10.2. The number of ether oxygens (including phenoxy) is 1. The number of nitrogens with zero attached hydrogens (tertiary/aromatic N) is 1. The standard InChI is InChI=1S/C16H15NO3/c1-17-9-11(15-8-13(19)5-6-16(15)17)10-20-14-4-2-3-12(18)7-14/h2-9,18-19H,10H2,1H3. The molecule has 4 heteroatoms. The summed E-state index contributed by atoms with van der Waals surface area (Å²) in [6, 6.07) is 12.0. The Morgan fingerprint density at radius 2 is 1.85 bits per heavy atom. The summed E-state index contributed by atoms with van der Waals surface area (Å²) < 4.78 is 7.68. The minimum Gasteiger partial charge on any atom is -0.508 e. The van der Waals surface area contributed by atoms with Gasteiger partial charge in [0.25, 0.3) is 0 Å². The van der Waals surface area contributed by atoms with Crippen molar-refractivity contribution in [1.82, 2.24) is 4.57 Å². The number of phenolic OH excluding ortho intramolecular Hbond substituents is 2. The summed E-state index contributed by atoms with van der Waals surface area (Å²) in [4.78, 5) is 0. The van der Waals surface area contributed by atoms with E-state index < -0.39 is 0 Å². The highest BCUT2D eigenvalue weighted by molar-refractivity contribution is 5.85. The molecule has 1 heterocycles. The van der Waals surface area contributed by atoms with Crippen LogP contribution in [-0.2, 0) is 13.7 Å². The third-order valence-corrected chi connectivity index (χ3v) is 3.27. The summed E-state index contributed by atoms with van der Waals surface area (Å²) in [5.41, 5.74) is 2.03. The summed E-state index contributed by atoms with van der Waals surface area (Å²) in [6.45, 7) is 0.379. The summed E-state index contributed by atoms with van der Waals surface area (Å²) in [6.07, 6.45) is 1.98. The van der Waals surface area contributed by atoms with Crippen LogP contribution in [0.15, 0.2) is 48.7 Å². The molecule has 0 saturated heterocycles. The molecule has 2 aromatic carbocycles. The third kappa shape index (κ3) is 2.28. The molecule has 0 aliphatic carbocycles. The van der Waals surface area contributed by atoms with E-state index in [4.69, 9.17) is 4.74 Å². The van der Waals surface area contributed by atoms with Crippen LogP contribution in [0.1, 0.15) is 5.56 Å². The van der Waals surface area contributed by atoms with Gasteiger partial charge in [0.05, 0.1) is 0 Å². The van der Waals surface area contributed by atoms with Crippen molar-refractivity contribution < 1.29 is 14.9 Å². The second-order valence-corrected chi connectivity index (χ2v) is 4.75. The highest BCUT2D eigenvalue weighted by atomic mass is 16.5. The fraction of sp³-hybridized carbons (Fsp3) is 0.125. The van der Waals surface area contributed by atoms with Crippen LogP contribution in [0.4, 0.5) is 0 Å². The first-order chi connectivity index (χ1) is 9.63. The fourth-order valence-electron chi connectivity index (χ4n) is 2.31. The molecule has 2 N–H and O–H groups in total. The molecule has 3 aromatic rings. The van der Waals surface area contributed by atoms with E-state index in [1.807, 2.05) is 23.9 Å². The Morgan fingerprint density at radius 1 is 1.05 bits per heavy atom. The fourth-order valence-corrected chi connectivity index (χ4v) is 2.31. The van der Waals surface area contributed by atoms with Crippen LogP contribution in [0.25, 0.3) is 10.9 Å².